The van der Waals surface area contributed by atoms with Gasteiger partial charge < -0.3 is 29.5 Å². The molecule has 1 amide bonds. The minimum atomic E-state index is -0.724. The number of piperidine rings is 1. The van der Waals surface area contributed by atoms with Crippen LogP contribution in [0, 0.1) is 0 Å². The van der Waals surface area contributed by atoms with Gasteiger partial charge in [0.15, 0.2) is 0 Å². The van der Waals surface area contributed by atoms with Gasteiger partial charge in [-0.05, 0) is 69.2 Å². The highest BCUT2D eigenvalue weighted by Crippen LogP contribution is 2.36. The van der Waals surface area contributed by atoms with E-state index >= 15 is 0 Å². The van der Waals surface area contributed by atoms with Crippen LogP contribution in [0.4, 0.5) is 16.4 Å². The van der Waals surface area contributed by atoms with Crippen LogP contribution in [0.5, 0.6) is 11.5 Å². The van der Waals surface area contributed by atoms with Gasteiger partial charge in [-0.1, -0.05) is 18.2 Å². The second-order valence-corrected chi connectivity index (χ2v) is 10.8. The maximum atomic E-state index is 12.5. The first-order valence-electron chi connectivity index (χ1n) is 13.3. The van der Waals surface area contributed by atoms with E-state index in [1.165, 1.54) is 0 Å². The fraction of sp³-hybridized carbons (Fsp3) is 0.367. The fourth-order valence-electron chi connectivity index (χ4n) is 4.99. The van der Waals surface area contributed by atoms with Crippen molar-refractivity contribution in [3.05, 3.63) is 66.4 Å². The third-order valence-corrected chi connectivity index (χ3v) is 6.92. The standard InChI is InChI=1S/C30H35N5O5/c1-30(2,3)40-29(37)34-15-14-21(25(36)18-34)19-10-12-23(27(16-19)39-5)32-28-31-17-20-11-13-24(35(20)33-28)22-8-6-7-9-26(22)38-4/h6-13,16-17,21,25,36H,14-15,18H2,1-5H3,(H,32,33)/t21-,25-/m0/s1. The summed E-state index contributed by atoms with van der Waals surface area (Å²) >= 11 is 0. The van der Waals surface area contributed by atoms with E-state index in [2.05, 4.69) is 10.3 Å². The van der Waals surface area contributed by atoms with Crippen molar-refractivity contribution < 1.29 is 24.1 Å². The number of β-amino-alcohol motifs (C(OH)–C–C–N with tert-alkyl or cyclic N) is 1. The van der Waals surface area contributed by atoms with Crippen LogP contribution >= 0.6 is 0 Å². The smallest absolute Gasteiger partial charge is 0.410 e. The molecule has 1 aliphatic rings. The minimum Gasteiger partial charge on any atom is -0.496 e. The number of nitrogens with one attached hydrogen (secondary N) is 1. The van der Waals surface area contributed by atoms with Gasteiger partial charge in [-0.15, -0.1) is 5.10 Å². The first-order valence-corrected chi connectivity index (χ1v) is 13.3. The summed E-state index contributed by atoms with van der Waals surface area (Å²) in [5, 5.41) is 18.9. The zero-order chi connectivity index (χ0) is 28.4. The average Bonchev–Trinajstić information content (AvgIpc) is 3.35. The summed E-state index contributed by atoms with van der Waals surface area (Å²) in [5.74, 6) is 1.61. The molecule has 2 atom stereocenters. The van der Waals surface area contributed by atoms with Crippen LogP contribution in [0.1, 0.15) is 38.7 Å². The monoisotopic (exact) mass is 545 g/mol. The number of benzene rings is 2. The number of hydrogen-bond donors (Lipinski definition) is 2. The van der Waals surface area contributed by atoms with Crippen LogP contribution in [0.15, 0.2) is 60.8 Å². The number of ether oxygens (including phenoxy) is 3. The van der Waals surface area contributed by atoms with Crippen LogP contribution in [-0.2, 0) is 4.74 Å². The Hall–Kier alpha value is -4.31. The zero-order valence-corrected chi connectivity index (χ0v) is 23.4. The third-order valence-electron chi connectivity index (χ3n) is 6.92. The summed E-state index contributed by atoms with van der Waals surface area (Å²) in [5.41, 5.74) is 3.69. The van der Waals surface area contributed by atoms with E-state index in [-0.39, 0.29) is 12.5 Å². The molecule has 0 saturated carbocycles. The van der Waals surface area contributed by atoms with E-state index in [1.807, 2.05) is 79.9 Å². The third kappa shape index (κ3) is 5.67. The summed E-state index contributed by atoms with van der Waals surface area (Å²) in [6.45, 7) is 6.20. The van der Waals surface area contributed by atoms with E-state index in [4.69, 9.17) is 19.3 Å². The number of aliphatic hydroxyl groups is 1. The quantitative estimate of drug-likeness (QED) is 0.338. The number of carbonyl (C=O) groups is 1. The first-order chi connectivity index (χ1) is 19.2. The van der Waals surface area contributed by atoms with Gasteiger partial charge in [0.2, 0.25) is 5.95 Å². The Labute approximate surface area is 233 Å². The van der Waals surface area contributed by atoms with Crippen molar-refractivity contribution in [2.24, 2.45) is 0 Å². The fourth-order valence-corrected chi connectivity index (χ4v) is 4.99. The molecule has 2 aromatic heterocycles. The average molecular weight is 546 g/mol. The van der Waals surface area contributed by atoms with Gasteiger partial charge in [-0.25, -0.2) is 14.3 Å². The number of hydrogen-bond acceptors (Lipinski definition) is 8. The van der Waals surface area contributed by atoms with Gasteiger partial charge in [0, 0.05) is 18.0 Å². The summed E-state index contributed by atoms with van der Waals surface area (Å²) < 4.78 is 18.5. The molecule has 10 heteroatoms. The Morgan fingerprint density at radius 3 is 2.55 bits per heavy atom. The summed E-state index contributed by atoms with van der Waals surface area (Å²) in [7, 11) is 3.25. The van der Waals surface area contributed by atoms with E-state index in [0.29, 0.717) is 30.4 Å². The van der Waals surface area contributed by atoms with Crippen LogP contribution in [0.25, 0.3) is 16.8 Å². The van der Waals surface area contributed by atoms with Gasteiger partial charge >= 0.3 is 6.09 Å². The zero-order valence-electron chi connectivity index (χ0n) is 23.4. The molecular formula is C30H35N5O5. The molecule has 0 radical (unpaired) electrons. The van der Waals surface area contributed by atoms with Crippen molar-refractivity contribution in [1.29, 1.82) is 0 Å². The Kier molecular flexibility index (Phi) is 7.53. The van der Waals surface area contributed by atoms with Crippen molar-refractivity contribution in [3.63, 3.8) is 0 Å². The van der Waals surface area contributed by atoms with Crippen molar-refractivity contribution in [2.45, 2.75) is 44.8 Å². The van der Waals surface area contributed by atoms with Gasteiger partial charge in [0.05, 0.1) is 50.0 Å². The van der Waals surface area contributed by atoms with E-state index < -0.39 is 17.8 Å². The minimum absolute atomic E-state index is 0.141. The molecule has 210 valence electrons. The first kappa shape index (κ1) is 27.3. The molecule has 1 saturated heterocycles. The van der Waals surface area contributed by atoms with Crippen LogP contribution in [-0.4, -0.2) is 69.7 Å². The maximum Gasteiger partial charge on any atom is 0.410 e. The van der Waals surface area contributed by atoms with Gasteiger partial charge in [0.25, 0.3) is 0 Å². The van der Waals surface area contributed by atoms with E-state index in [9.17, 15) is 9.90 Å². The number of aromatic nitrogens is 3. The van der Waals surface area contributed by atoms with Crippen molar-refractivity contribution in [3.8, 4) is 22.8 Å². The largest absolute Gasteiger partial charge is 0.496 e. The molecule has 1 aliphatic heterocycles. The number of para-hydroxylation sites is 1. The molecule has 40 heavy (non-hydrogen) atoms. The topological polar surface area (TPSA) is 110 Å². The lowest BCUT2D eigenvalue weighted by Gasteiger charge is -2.37. The summed E-state index contributed by atoms with van der Waals surface area (Å²) in [6.07, 6.45) is 1.23. The van der Waals surface area contributed by atoms with Gasteiger partial charge in [0.1, 0.15) is 17.1 Å². The second-order valence-electron chi connectivity index (χ2n) is 10.8. The molecular weight excluding hydrogens is 510 g/mol. The Morgan fingerprint density at radius 2 is 1.82 bits per heavy atom. The van der Waals surface area contributed by atoms with Crippen LogP contribution in [0.3, 0.4) is 0 Å². The number of aliphatic hydroxyl groups excluding tert-OH is 1. The number of rotatable bonds is 6. The Bertz CT molecular complexity index is 1510. The highest BCUT2D eigenvalue weighted by Gasteiger charge is 2.33. The SMILES string of the molecule is COc1cc([C@@H]2CCN(C(=O)OC(C)(C)C)C[C@@H]2O)ccc1Nc1ncc2ccc(-c3ccccc3OC)n2n1. The molecule has 2 aromatic carbocycles. The maximum absolute atomic E-state index is 12.5. The van der Waals surface area contributed by atoms with Crippen molar-refractivity contribution in [1.82, 2.24) is 19.5 Å². The molecule has 5 rings (SSSR count). The number of nitrogens with zero attached hydrogens (tertiary/aromatic N) is 4. The number of amides is 1. The number of methoxy groups -OCH3 is 2. The molecule has 0 unspecified atom stereocenters. The highest BCUT2D eigenvalue weighted by atomic mass is 16.6. The summed E-state index contributed by atoms with van der Waals surface area (Å²) in [6, 6.07) is 17.5. The molecule has 1 fully saturated rings. The van der Waals surface area contributed by atoms with Crippen LogP contribution < -0.4 is 14.8 Å². The molecule has 4 aromatic rings. The molecule has 0 aliphatic carbocycles. The summed E-state index contributed by atoms with van der Waals surface area (Å²) in [4.78, 5) is 18.5. The number of anilines is 2. The predicted octanol–water partition coefficient (Wildman–Crippen LogP) is 5.24. The lowest BCUT2D eigenvalue weighted by atomic mass is 9.87. The van der Waals surface area contributed by atoms with Crippen molar-refractivity contribution in [2.75, 3.05) is 32.6 Å². The number of likely N-dealkylation sites (tertiary alicyclic amines) is 1. The Balaban J connectivity index is 1.35. The molecule has 0 bridgehead atoms. The normalized spacial score (nSPS) is 17.5. The molecule has 10 nitrogen and oxygen atoms in total. The lowest BCUT2D eigenvalue weighted by Crippen LogP contribution is -2.47. The highest BCUT2D eigenvalue weighted by molar-refractivity contribution is 5.72. The lowest BCUT2D eigenvalue weighted by molar-refractivity contribution is -0.00153. The Morgan fingerprint density at radius 1 is 1.05 bits per heavy atom. The number of fused-ring (bicyclic) bond motifs is 1. The number of carbonyl (C=O) groups excluding carboxylic acids is 1. The molecule has 0 spiro atoms. The van der Waals surface area contributed by atoms with E-state index in [1.54, 1.807) is 25.3 Å². The van der Waals surface area contributed by atoms with Crippen LogP contribution in [0.2, 0.25) is 0 Å². The molecule has 3 heterocycles. The second kappa shape index (κ2) is 11.1. The predicted molar refractivity (Wildman–Crippen MR) is 152 cm³/mol. The van der Waals surface area contributed by atoms with Gasteiger partial charge in [-0.2, -0.15) is 0 Å². The molecule has 2 N–H and O–H groups in total. The van der Waals surface area contributed by atoms with Gasteiger partial charge in [-0.3, -0.25) is 0 Å². The van der Waals surface area contributed by atoms with E-state index in [0.717, 1.165) is 28.1 Å². The van der Waals surface area contributed by atoms with Crippen molar-refractivity contribution >= 4 is 23.2 Å².